The average molecular weight is 386 g/mol. The highest BCUT2D eigenvalue weighted by atomic mass is 19.1. The molecule has 0 unspecified atom stereocenters. The minimum atomic E-state index is -0.799. The quantitative estimate of drug-likeness (QED) is 0.621. The molecule has 146 valence electrons. The summed E-state index contributed by atoms with van der Waals surface area (Å²) < 4.78 is 30.6. The van der Waals surface area contributed by atoms with Gasteiger partial charge in [-0.15, -0.1) is 5.10 Å². The van der Waals surface area contributed by atoms with E-state index in [1.807, 2.05) is 0 Å². The summed E-state index contributed by atoms with van der Waals surface area (Å²) in [7, 11) is 1.73. The van der Waals surface area contributed by atoms with E-state index in [1.165, 1.54) is 12.1 Å². The van der Waals surface area contributed by atoms with Crippen LogP contribution in [0.25, 0.3) is 5.69 Å². The number of anilines is 3. The first-order valence-electron chi connectivity index (χ1n) is 8.99. The molecule has 8 nitrogen and oxygen atoms in total. The van der Waals surface area contributed by atoms with Crippen molar-refractivity contribution in [1.29, 1.82) is 0 Å². The van der Waals surface area contributed by atoms with Crippen LogP contribution in [0.1, 0.15) is 30.3 Å². The van der Waals surface area contributed by atoms with E-state index in [0.717, 1.165) is 24.1 Å². The van der Waals surface area contributed by atoms with Gasteiger partial charge in [-0.25, -0.2) is 18.4 Å². The first kappa shape index (κ1) is 18.2. The van der Waals surface area contributed by atoms with E-state index in [1.54, 1.807) is 26.2 Å². The van der Waals surface area contributed by atoms with Gasteiger partial charge >= 0.3 is 0 Å². The van der Waals surface area contributed by atoms with Crippen molar-refractivity contribution in [3.8, 4) is 5.69 Å². The zero-order valence-corrected chi connectivity index (χ0v) is 15.5. The highest BCUT2D eigenvalue weighted by molar-refractivity contribution is 5.60. The maximum absolute atomic E-state index is 15.1. The molecule has 10 heteroatoms. The highest BCUT2D eigenvalue weighted by Gasteiger charge is 2.22. The third-order valence-electron chi connectivity index (χ3n) is 4.58. The second-order valence-corrected chi connectivity index (χ2v) is 6.59. The maximum Gasteiger partial charge on any atom is 0.229 e. The molecule has 2 aromatic heterocycles. The lowest BCUT2D eigenvalue weighted by Gasteiger charge is -2.12. The summed E-state index contributed by atoms with van der Waals surface area (Å²) in [5.41, 5.74) is 1.10. The van der Waals surface area contributed by atoms with Gasteiger partial charge in [0.15, 0.2) is 11.6 Å². The van der Waals surface area contributed by atoms with Gasteiger partial charge in [-0.2, -0.15) is 4.98 Å². The lowest BCUT2D eigenvalue weighted by molar-refractivity contribution is 0.558. The van der Waals surface area contributed by atoms with Crippen molar-refractivity contribution in [3.63, 3.8) is 0 Å². The van der Waals surface area contributed by atoms with Crippen LogP contribution in [-0.2, 0) is 0 Å². The van der Waals surface area contributed by atoms with Gasteiger partial charge in [-0.3, -0.25) is 0 Å². The van der Waals surface area contributed by atoms with Crippen molar-refractivity contribution >= 4 is 17.5 Å². The van der Waals surface area contributed by atoms with Crippen LogP contribution in [0.4, 0.5) is 26.2 Å². The van der Waals surface area contributed by atoms with Gasteiger partial charge in [0.2, 0.25) is 5.95 Å². The molecule has 28 heavy (non-hydrogen) atoms. The van der Waals surface area contributed by atoms with Crippen molar-refractivity contribution < 1.29 is 8.78 Å². The summed E-state index contributed by atoms with van der Waals surface area (Å²) in [5, 5.41) is 17.0. The van der Waals surface area contributed by atoms with Crippen molar-refractivity contribution in [2.45, 2.75) is 25.8 Å². The monoisotopic (exact) mass is 386 g/mol. The number of aryl methyl sites for hydroxylation is 1. The molecule has 0 bridgehead atoms. The van der Waals surface area contributed by atoms with Gasteiger partial charge in [0.05, 0.1) is 17.9 Å². The Bertz CT molecular complexity index is 997. The van der Waals surface area contributed by atoms with Gasteiger partial charge in [-0.05, 0) is 38.4 Å². The van der Waals surface area contributed by atoms with Crippen LogP contribution in [0.15, 0.2) is 24.4 Å². The van der Waals surface area contributed by atoms with E-state index in [9.17, 15) is 4.39 Å². The number of hydrogen-bond donors (Lipinski definition) is 3. The van der Waals surface area contributed by atoms with Crippen molar-refractivity contribution in [2.75, 3.05) is 24.2 Å². The van der Waals surface area contributed by atoms with Crippen LogP contribution in [0, 0.1) is 18.6 Å². The molecule has 1 aliphatic heterocycles. The Balaban J connectivity index is 1.67. The molecule has 0 saturated carbocycles. The van der Waals surface area contributed by atoms with Gasteiger partial charge < -0.3 is 16.0 Å². The molecule has 0 radical (unpaired) electrons. The molecule has 1 atom stereocenters. The summed E-state index contributed by atoms with van der Waals surface area (Å²) in [4.78, 5) is 8.47. The summed E-state index contributed by atoms with van der Waals surface area (Å²) in [6.07, 6.45) is 3.50. The molecule has 1 aliphatic rings. The Hall–Kier alpha value is -3.14. The molecule has 1 fully saturated rings. The van der Waals surface area contributed by atoms with Crippen molar-refractivity contribution in [2.24, 2.45) is 0 Å². The van der Waals surface area contributed by atoms with Crippen LogP contribution in [0.5, 0.6) is 0 Å². The Labute approximate surface area is 160 Å². The Morgan fingerprint density at radius 3 is 2.86 bits per heavy atom. The molecule has 0 spiro atoms. The van der Waals surface area contributed by atoms with Crippen LogP contribution >= 0.6 is 0 Å². The molecule has 3 aromatic rings. The molecule has 1 aromatic carbocycles. The lowest BCUT2D eigenvalue weighted by atomic mass is 10.2. The summed E-state index contributed by atoms with van der Waals surface area (Å²) >= 11 is 0. The summed E-state index contributed by atoms with van der Waals surface area (Å²) in [6, 6.07) is 4.29. The number of nitrogens with zero attached hydrogens (tertiary/aromatic N) is 5. The Morgan fingerprint density at radius 1 is 1.25 bits per heavy atom. The van der Waals surface area contributed by atoms with E-state index < -0.39 is 11.6 Å². The van der Waals surface area contributed by atoms with E-state index in [4.69, 9.17) is 0 Å². The number of aromatic nitrogens is 5. The first-order chi connectivity index (χ1) is 13.5. The van der Waals surface area contributed by atoms with Crippen molar-refractivity contribution in [3.05, 3.63) is 47.4 Å². The predicted octanol–water partition coefficient (Wildman–Crippen LogP) is 2.85. The fourth-order valence-electron chi connectivity index (χ4n) is 3.20. The molecule has 4 rings (SSSR count). The SMILES string of the molecule is CNc1cc(C)nc(Nc2ccc(F)c(-n3cc([C@H]4CCCN4)nn3)c2F)n1. The molecule has 3 N–H and O–H groups in total. The van der Waals surface area contributed by atoms with Crippen LogP contribution in [0.3, 0.4) is 0 Å². The smallest absolute Gasteiger partial charge is 0.229 e. The Kier molecular flexibility index (Phi) is 4.86. The van der Waals surface area contributed by atoms with Crippen LogP contribution in [-0.4, -0.2) is 38.6 Å². The number of nitrogens with one attached hydrogen (secondary N) is 3. The second-order valence-electron chi connectivity index (χ2n) is 6.59. The second kappa shape index (κ2) is 7.47. The normalized spacial score (nSPS) is 16.4. The molecule has 3 heterocycles. The predicted molar refractivity (Wildman–Crippen MR) is 101 cm³/mol. The van der Waals surface area contributed by atoms with Gasteiger partial charge in [0, 0.05) is 18.8 Å². The van der Waals surface area contributed by atoms with E-state index in [-0.39, 0.29) is 23.4 Å². The largest absolute Gasteiger partial charge is 0.373 e. The van der Waals surface area contributed by atoms with E-state index >= 15 is 4.39 Å². The highest BCUT2D eigenvalue weighted by Crippen LogP contribution is 2.28. The number of benzene rings is 1. The first-order valence-corrected chi connectivity index (χ1v) is 8.99. The number of hydrogen-bond acceptors (Lipinski definition) is 7. The Morgan fingerprint density at radius 2 is 2.11 bits per heavy atom. The average Bonchev–Trinajstić information content (AvgIpc) is 3.35. The number of halogens is 2. The van der Waals surface area contributed by atoms with Gasteiger partial charge in [0.25, 0.3) is 0 Å². The van der Waals surface area contributed by atoms with Gasteiger partial charge in [0.1, 0.15) is 17.2 Å². The topological polar surface area (TPSA) is 92.6 Å². The minimum Gasteiger partial charge on any atom is -0.373 e. The fraction of sp³-hybridized carbons (Fsp3) is 0.333. The van der Waals surface area contributed by atoms with Gasteiger partial charge in [-0.1, -0.05) is 5.21 Å². The zero-order valence-electron chi connectivity index (χ0n) is 15.5. The standard InChI is InChI=1S/C18H20F2N8/c1-10-8-15(21-2)25-18(23-10)24-13-6-5-11(19)17(16(13)20)28-9-14(26-27-28)12-4-3-7-22-12/h5-6,8-9,12,22H,3-4,7H2,1-2H3,(H2,21,23,24,25)/t12-/m1/s1. The number of rotatable bonds is 5. The van der Waals surface area contributed by atoms with E-state index in [2.05, 4.69) is 36.2 Å². The minimum absolute atomic E-state index is 0.0418. The maximum atomic E-state index is 15.1. The lowest BCUT2D eigenvalue weighted by Crippen LogP contribution is -2.13. The van der Waals surface area contributed by atoms with Crippen LogP contribution in [0.2, 0.25) is 0 Å². The van der Waals surface area contributed by atoms with E-state index in [0.29, 0.717) is 17.2 Å². The fourth-order valence-corrected chi connectivity index (χ4v) is 3.20. The molecule has 1 saturated heterocycles. The third-order valence-corrected chi connectivity index (χ3v) is 4.58. The molecule has 0 amide bonds. The third kappa shape index (κ3) is 3.50. The van der Waals surface area contributed by atoms with Crippen LogP contribution < -0.4 is 16.0 Å². The zero-order chi connectivity index (χ0) is 19.7. The molecule has 0 aliphatic carbocycles. The molecular weight excluding hydrogens is 366 g/mol. The van der Waals surface area contributed by atoms with Crippen molar-refractivity contribution in [1.82, 2.24) is 30.3 Å². The molecular formula is C18H20F2N8. The summed E-state index contributed by atoms with van der Waals surface area (Å²) in [5.74, 6) is -0.745. The summed E-state index contributed by atoms with van der Waals surface area (Å²) in [6.45, 7) is 2.69.